The van der Waals surface area contributed by atoms with Gasteiger partial charge in [0, 0.05) is 49.5 Å². The molecular formula is C13H22N4. The van der Waals surface area contributed by atoms with Gasteiger partial charge in [0.25, 0.3) is 0 Å². The van der Waals surface area contributed by atoms with E-state index in [-0.39, 0.29) is 0 Å². The molecule has 2 fully saturated rings. The molecule has 1 aromatic heterocycles. The van der Waals surface area contributed by atoms with Crippen molar-refractivity contribution in [2.45, 2.75) is 37.8 Å². The third kappa shape index (κ3) is 2.00. The fourth-order valence-electron chi connectivity index (χ4n) is 2.95. The average molecular weight is 234 g/mol. The van der Waals surface area contributed by atoms with Crippen LogP contribution in [0.3, 0.4) is 0 Å². The van der Waals surface area contributed by atoms with Crippen LogP contribution < -0.4 is 5.32 Å². The van der Waals surface area contributed by atoms with Crippen molar-refractivity contribution < 1.29 is 0 Å². The molecule has 0 amide bonds. The van der Waals surface area contributed by atoms with Gasteiger partial charge in [0.15, 0.2) is 0 Å². The molecule has 0 aliphatic carbocycles. The molecule has 1 N–H and O–H groups in total. The maximum Gasteiger partial charge on any atom is 0.0950 e. The van der Waals surface area contributed by atoms with Gasteiger partial charge < -0.3 is 14.8 Å². The van der Waals surface area contributed by atoms with Crippen molar-refractivity contribution >= 4 is 0 Å². The molecule has 0 radical (unpaired) electrons. The molecule has 3 heterocycles. The molecule has 0 spiro atoms. The molecule has 2 atom stereocenters. The first-order valence-corrected chi connectivity index (χ1v) is 6.68. The van der Waals surface area contributed by atoms with Gasteiger partial charge in [-0.2, -0.15) is 0 Å². The Labute approximate surface area is 103 Å². The Morgan fingerprint density at radius 1 is 1.41 bits per heavy atom. The van der Waals surface area contributed by atoms with Gasteiger partial charge in [0.1, 0.15) is 0 Å². The zero-order valence-electron chi connectivity index (χ0n) is 10.8. The molecule has 17 heavy (non-hydrogen) atoms. The van der Waals surface area contributed by atoms with Crippen LogP contribution in [0.2, 0.25) is 0 Å². The molecule has 4 heteroatoms. The predicted molar refractivity (Wildman–Crippen MR) is 68.2 cm³/mol. The zero-order valence-corrected chi connectivity index (χ0v) is 10.8. The Bertz CT molecular complexity index is 383. The van der Waals surface area contributed by atoms with Gasteiger partial charge in [0.2, 0.25) is 0 Å². The summed E-state index contributed by atoms with van der Waals surface area (Å²) >= 11 is 0. The summed E-state index contributed by atoms with van der Waals surface area (Å²) in [5.74, 6) is 0.687. The van der Waals surface area contributed by atoms with E-state index >= 15 is 0 Å². The van der Waals surface area contributed by atoms with Crippen LogP contribution in [-0.2, 0) is 0 Å². The van der Waals surface area contributed by atoms with Gasteiger partial charge in [-0.1, -0.05) is 0 Å². The predicted octanol–water partition coefficient (Wildman–Crippen LogP) is 1.23. The highest BCUT2D eigenvalue weighted by atomic mass is 15.2. The molecule has 4 nitrogen and oxygen atoms in total. The highest BCUT2D eigenvalue weighted by Gasteiger charge is 2.28. The SMILES string of the molecule is CC1CC(n2cncc2C2CNC2)CCN1C. The third-order valence-corrected chi connectivity index (χ3v) is 4.47. The summed E-state index contributed by atoms with van der Waals surface area (Å²) in [6, 6.07) is 1.34. The van der Waals surface area contributed by atoms with Gasteiger partial charge in [-0.3, -0.25) is 0 Å². The summed E-state index contributed by atoms with van der Waals surface area (Å²) in [5, 5.41) is 3.35. The second-order valence-electron chi connectivity index (χ2n) is 5.59. The van der Waals surface area contributed by atoms with E-state index in [1.54, 1.807) is 0 Å². The standard InChI is InChI=1S/C13H22N4/c1-10-5-12(3-4-16(10)2)17-9-15-8-13(17)11-6-14-7-11/h8-12,14H,3-7H2,1-2H3. The molecule has 3 rings (SSSR count). The summed E-state index contributed by atoms with van der Waals surface area (Å²) in [6.45, 7) is 5.77. The van der Waals surface area contributed by atoms with E-state index in [4.69, 9.17) is 0 Å². The van der Waals surface area contributed by atoms with Crippen LogP contribution in [0.4, 0.5) is 0 Å². The monoisotopic (exact) mass is 234 g/mol. The van der Waals surface area contributed by atoms with Crippen LogP contribution in [0.5, 0.6) is 0 Å². The Morgan fingerprint density at radius 2 is 2.24 bits per heavy atom. The number of nitrogens with one attached hydrogen (secondary N) is 1. The normalized spacial score (nSPS) is 31.4. The van der Waals surface area contributed by atoms with Crippen molar-refractivity contribution in [2.24, 2.45) is 0 Å². The number of likely N-dealkylation sites (tertiary alicyclic amines) is 1. The largest absolute Gasteiger partial charge is 0.331 e. The summed E-state index contributed by atoms with van der Waals surface area (Å²) in [7, 11) is 2.23. The minimum absolute atomic E-state index is 0.652. The van der Waals surface area contributed by atoms with Crippen molar-refractivity contribution in [3.8, 4) is 0 Å². The molecule has 0 aromatic carbocycles. The van der Waals surface area contributed by atoms with Gasteiger partial charge in [-0.15, -0.1) is 0 Å². The zero-order chi connectivity index (χ0) is 11.8. The van der Waals surface area contributed by atoms with Gasteiger partial charge in [-0.05, 0) is 26.8 Å². The first-order valence-electron chi connectivity index (χ1n) is 6.68. The summed E-state index contributed by atoms with van der Waals surface area (Å²) in [5.41, 5.74) is 1.44. The lowest BCUT2D eigenvalue weighted by Crippen LogP contribution is -2.42. The lowest BCUT2D eigenvalue weighted by molar-refractivity contribution is 0.154. The number of aromatic nitrogens is 2. The second-order valence-corrected chi connectivity index (χ2v) is 5.59. The number of rotatable bonds is 2. The summed E-state index contributed by atoms with van der Waals surface area (Å²) < 4.78 is 2.44. The van der Waals surface area contributed by atoms with Crippen LogP contribution in [0, 0.1) is 0 Å². The molecular weight excluding hydrogens is 212 g/mol. The number of hydrogen-bond acceptors (Lipinski definition) is 3. The quantitative estimate of drug-likeness (QED) is 0.835. The van der Waals surface area contributed by atoms with Crippen molar-refractivity contribution in [2.75, 3.05) is 26.7 Å². The van der Waals surface area contributed by atoms with E-state index in [1.165, 1.54) is 25.1 Å². The second kappa shape index (κ2) is 4.42. The van der Waals surface area contributed by atoms with E-state index in [2.05, 4.69) is 39.9 Å². The summed E-state index contributed by atoms with van der Waals surface area (Å²) in [6.07, 6.45) is 6.61. The van der Waals surface area contributed by atoms with Crippen LogP contribution >= 0.6 is 0 Å². The summed E-state index contributed by atoms with van der Waals surface area (Å²) in [4.78, 5) is 6.82. The van der Waals surface area contributed by atoms with Crippen molar-refractivity contribution in [3.63, 3.8) is 0 Å². The van der Waals surface area contributed by atoms with Gasteiger partial charge >= 0.3 is 0 Å². The molecule has 94 valence electrons. The van der Waals surface area contributed by atoms with Crippen molar-refractivity contribution in [1.82, 2.24) is 19.8 Å². The Hall–Kier alpha value is -0.870. The highest BCUT2D eigenvalue weighted by Crippen LogP contribution is 2.30. The molecule has 0 bridgehead atoms. The van der Waals surface area contributed by atoms with Gasteiger partial charge in [0.05, 0.1) is 6.33 Å². The van der Waals surface area contributed by atoms with E-state index in [9.17, 15) is 0 Å². The number of hydrogen-bond donors (Lipinski definition) is 1. The van der Waals surface area contributed by atoms with Crippen molar-refractivity contribution in [1.29, 1.82) is 0 Å². The maximum absolute atomic E-state index is 4.37. The fraction of sp³-hybridized carbons (Fsp3) is 0.769. The Kier molecular flexibility index (Phi) is 2.92. The minimum Gasteiger partial charge on any atom is -0.331 e. The van der Waals surface area contributed by atoms with E-state index in [0.717, 1.165) is 13.1 Å². The smallest absolute Gasteiger partial charge is 0.0950 e. The topological polar surface area (TPSA) is 33.1 Å². The first kappa shape index (κ1) is 11.2. The fourth-order valence-corrected chi connectivity index (χ4v) is 2.95. The molecule has 0 saturated carbocycles. The average Bonchev–Trinajstić information content (AvgIpc) is 2.68. The highest BCUT2D eigenvalue weighted by molar-refractivity contribution is 5.13. The first-order chi connectivity index (χ1) is 8.25. The third-order valence-electron chi connectivity index (χ3n) is 4.47. The molecule has 2 saturated heterocycles. The molecule has 1 aromatic rings. The van der Waals surface area contributed by atoms with E-state index in [1.807, 2.05) is 6.33 Å². The van der Waals surface area contributed by atoms with Crippen LogP contribution in [0.1, 0.15) is 37.4 Å². The lowest BCUT2D eigenvalue weighted by atomic mass is 9.95. The minimum atomic E-state index is 0.652. The Morgan fingerprint density at radius 3 is 2.88 bits per heavy atom. The van der Waals surface area contributed by atoms with E-state index in [0.29, 0.717) is 18.0 Å². The van der Waals surface area contributed by atoms with Crippen LogP contribution in [-0.4, -0.2) is 47.2 Å². The number of imidazole rings is 1. The lowest BCUT2D eigenvalue weighted by Gasteiger charge is -2.37. The molecule has 2 unspecified atom stereocenters. The molecule has 2 aliphatic rings. The Balaban J connectivity index is 1.77. The van der Waals surface area contributed by atoms with Crippen LogP contribution in [0.15, 0.2) is 12.5 Å². The number of piperidine rings is 1. The number of nitrogens with zero attached hydrogens (tertiary/aromatic N) is 3. The van der Waals surface area contributed by atoms with Crippen LogP contribution in [0.25, 0.3) is 0 Å². The van der Waals surface area contributed by atoms with Gasteiger partial charge in [-0.25, -0.2) is 4.98 Å². The maximum atomic E-state index is 4.37. The molecule has 2 aliphatic heterocycles. The van der Waals surface area contributed by atoms with Crippen molar-refractivity contribution in [3.05, 3.63) is 18.2 Å². The van der Waals surface area contributed by atoms with E-state index < -0.39 is 0 Å².